The highest BCUT2D eigenvalue weighted by Crippen LogP contribution is 2.78. The molecule has 288 valence electrons. The fourth-order valence-electron chi connectivity index (χ4n) is 14.5. The van der Waals surface area contributed by atoms with Crippen molar-refractivity contribution in [2.24, 2.45) is 62.1 Å². The van der Waals surface area contributed by atoms with Gasteiger partial charge >= 0.3 is 18.0 Å². The monoisotopic (exact) mass is 710 g/mol. The summed E-state index contributed by atoms with van der Waals surface area (Å²) in [4.78, 5) is 39.5. The van der Waals surface area contributed by atoms with E-state index < -0.39 is 11.4 Å². The van der Waals surface area contributed by atoms with Gasteiger partial charge in [0.15, 0.2) is 0 Å². The number of amides is 1. The molecule has 0 aromatic carbocycles. The molecule has 1 aliphatic heterocycles. The molecular weight excluding hydrogens is 638 g/mol. The van der Waals surface area contributed by atoms with Gasteiger partial charge in [0, 0.05) is 18.5 Å². The topological polar surface area (TPSA) is 93.1 Å². The third-order valence-electron chi connectivity index (χ3n) is 17.1. The van der Waals surface area contributed by atoms with Crippen LogP contribution in [-0.4, -0.2) is 53.8 Å². The molecule has 1 saturated heterocycles. The molecule has 7 nitrogen and oxygen atoms in total. The number of carboxylic acid groups (broad SMARTS) is 1. The van der Waals surface area contributed by atoms with E-state index in [2.05, 4.69) is 48.1 Å². The lowest BCUT2D eigenvalue weighted by Gasteiger charge is -2.73. The number of likely N-dealkylation sites (tertiary alicyclic amines) is 1. The van der Waals surface area contributed by atoms with Crippen LogP contribution < -0.4 is 0 Å². The Bertz CT molecular complexity index is 1360. The maximum atomic E-state index is 13.2. The number of aliphatic carboxylic acids is 1. The standard InChI is InChI=1S/C44H71NO6/c1-29(2)30-15-20-44(23-26-50-38(49)45-24-11-10-12-25-45)22-21-42(8)31(37(30)44)13-14-33-41(7)18-17-34(40(5,6)32(41)16-19-43(33,42)9)51-36(48)28-39(3,4)27-35(46)47/h30-34,37H,1,10-28H2,2-9H3,(H,46,47)/t30?,31-,32?,33?,34?,37?,41+,42-,43-,44-/m1/s1. The van der Waals surface area contributed by atoms with E-state index in [1.54, 1.807) is 0 Å². The van der Waals surface area contributed by atoms with Gasteiger partial charge in [-0.3, -0.25) is 9.59 Å². The van der Waals surface area contributed by atoms with Gasteiger partial charge in [0.2, 0.25) is 0 Å². The fraction of sp³-hybridized carbons (Fsp3) is 0.886. The predicted octanol–water partition coefficient (Wildman–Crippen LogP) is 10.5. The lowest BCUT2D eigenvalue weighted by molar-refractivity contribution is -0.251. The number of esters is 1. The van der Waals surface area contributed by atoms with E-state index in [0.717, 1.165) is 51.6 Å². The number of hydrogen-bond donors (Lipinski definition) is 1. The Morgan fingerprint density at radius 2 is 1.53 bits per heavy atom. The summed E-state index contributed by atoms with van der Waals surface area (Å²) in [5.41, 5.74) is 1.44. The molecule has 6 fully saturated rings. The molecule has 10 atom stereocenters. The molecule has 1 heterocycles. The average Bonchev–Trinajstić information content (AvgIpc) is 3.42. The van der Waals surface area contributed by atoms with E-state index in [1.165, 1.54) is 56.9 Å². The number of ether oxygens (including phenoxy) is 2. The van der Waals surface area contributed by atoms with Crippen LogP contribution in [0.25, 0.3) is 0 Å². The van der Waals surface area contributed by atoms with Crippen LogP contribution in [0, 0.1) is 62.1 Å². The average molecular weight is 710 g/mol. The molecule has 0 spiro atoms. The minimum absolute atomic E-state index is 0.0435. The van der Waals surface area contributed by atoms with Crippen LogP contribution >= 0.6 is 0 Å². The second-order valence-electron chi connectivity index (χ2n) is 20.7. The molecule has 1 N–H and O–H groups in total. The molecule has 51 heavy (non-hydrogen) atoms. The molecule has 1 amide bonds. The van der Waals surface area contributed by atoms with Crippen molar-refractivity contribution < 1.29 is 29.0 Å². The number of rotatable bonds is 9. The van der Waals surface area contributed by atoms with Crippen LogP contribution in [0.4, 0.5) is 4.79 Å². The molecule has 0 aromatic heterocycles. The van der Waals surface area contributed by atoms with Crippen molar-refractivity contribution >= 4 is 18.0 Å². The zero-order valence-corrected chi connectivity index (χ0v) is 33.5. The zero-order chi connectivity index (χ0) is 37.2. The number of nitrogens with zero attached hydrogens (tertiary/aromatic N) is 1. The first kappa shape index (κ1) is 38.7. The Balaban J connectivity index is 1.19. The molecule has 6 aliphatic rings. The lowest BCUT2D eigenvalue weighted by atomic mass is 9.32. The van der Waals surface area contributed by atoms with E-state index >= 15 is 0 Å². The summed E-state index contributed by atoms with van der Waals surface area (Å²) in [6.45, 7) is 25.4. The van der Waals surface area contributed by atoms with Crippen molar-refractivity contribution in [3.05, 3.63) is 12.2 Å². The minimum atomic E-state index is -0.879. The fourth-order valence-corrected chi connectivity index (χ4v) is 14.5. The van der Waals surface area contributed by atoms with Crippen molar-refractivity contribution in [3.8, 4) is 0 Å². The summed E-state index contributed by atoms with van der Waals surface area (Å²) in [5.74, 6) is 1.75. The molecule has 5 aliphatic carbocycles. The van der Waals surface area contributed by atoms with Crippen LogP contribution in [-0.2, 0) is 19.1 Å². The smallest absolute Gasteiger partial charge is 0.409 e. The third-order valence-corrected chi connectivity index (χ3v) is 17.1. The SMILES string of the molecule is C=C(C)C1CC[C@]2(CCOC(=O)N3CCCCC3)CC[C@]3(C)[C@H](CCC4[C@@]5(C)CCC(OC(=O)CC(C)(C)CC(=O)O)C(C)(C)C5CC[C@]43C)C12. The lowest BCUT2D eigenvalue weighted by Crippen LogP contribution is -2.66. The van der Waals surface area contributed by atoms with Crippen LogP contribution in [0.1, 0.15) is 158 Å². The molecule has 7 heteroatoms. The highest BCUT2D eigenvalue weighted by Gasteiger charge is 2.71. The van der Waals surface area contributed by atoms with Gasteiger partial charge in [-0.25, -0.2) is 4.79 Å². The summed E-state index contributed by atoms with van der Waals surface area (Å²) in [6, 6.07) is 0. The van der Waals surface area contributed by atoms with Gasteiger partial charge in [-0.2, -0.15) is 0 Å². The summed E-state index contributed by atoms with van der Waals surface area (Å²) >= 11 is 0. The second kappa shape index (κ2) is 13.7. The van der Waals surface area contributed by atoms with Gasteiger partial charge < -0.3 is 19.5 Å². The number of fused-ring (bicyclic) bond motifs is 7. The number of carbonyl (C=O) groups excluding carboxylic acids is 2. The zero-order valence-electron chi connectivity index (χ0n) is 33.5. The van der Waals surface area contributed by atoms with Gasteiger partial charge in [0.25, 0.3) is 0 Å². The largest absolute Gasteiger partial charge is 0.481 e. The first-order chi connectivity index (χ1) is 23.8. The van der Waals surface area contributed by atoms with Gasteiger partial charge in [-0.05, 0) is 153 Å². The van der Waals surface area contributed by atoms with Gasteiger partial charge in [-0.1, -0.05) is 60.6 Å². The quantitative estimate of drug-likeness (QED) is 0.189. The van der Waals surface area contributed by atoms with Crippen LogP contribution in [0.15, 0.2) is 12.2 Å². The maximum Gasteiger partial charge on any atom is 0.409 e. The third kappa shape index (κ3) is 6.59. The molecule has 5 unspecified atom stereocenters. The Hall–Kier alpha value is -2.05. The Morgan fingerprint density at radius 3 is 2.20 bits per heavy atom. The van der Waals surface area contributed by atoms with Gasteiger partial charge in [-0.15, -0.1) is 0 Å². The van der Waals surface area contributed by atoms with Crippen LogP contribution in [0.2, 0.25) is 0 Å². The molecule has 0 bridgehead atoms. The van der Waals surface area contributed by atoms with Crippen LogP contribution in [0.3, 0.4) is 0 Å². The van der Waals surface area contributed by atoms with E-state index in [0.29, 0.717) is 36.2 Å². The number of carbonyl (C=O) groups is 3. The first-order valence-corrected chi connectivity index (χ1v) is 20.8. The van der Waals surface area contributed by atoms with E-state index in [9.17, 15) is 19.5 Å². The number of carboxylic acids is 1. The Morgan fingerprint density at radius 1 is 0.824 bits per heavy atom. The van der Waals surface area contributed by atoms with Gasteiger partial charge in [0.05, 0.1) is 19.4 Å². The number of piperidine rings is 1. The van der Waals surface area contributed by atoms with E-state index in [1.807, 2.05) is 18.7 Å². The second-order valence-corrected chi connectivity index (χ2v) is 20.7. The molecule has 0 aromatic rings. The van der Waals surface area contributed by atoms with Gasteiger partial charge in [0.1, 0.15) is 6.10 Å². The number of allylic oxidation sites excluding steroid dienone is 1. The van der Waals surface area contributed by atoms with E-state index in [-0.39, 0.29) is 58.1 Å². The molecule has 5 saturated carbocycles. The Labute approximate surface area is 309 Å². The summed E-state index contributed by atoms with van der Waals surface area (Å²) in [7, 11) is 0. The van der Waals surface area contributed by atoms with Crippen molar-refractivity contribution in [2.45, 2.75) is 164 Å². The summed E-state index contributed by atoms with van der Waals surface area (Å²) in [6.07, 6.45) is 15.9. The van der Waals surface area contributed by atoms with Crippen LogP contribution in [0.5, 0.6) is 0 Å². The summed E-state index contributed by atoms with van der Waals surface area (Å²) < 4.78 is 12.3. The highest BCUT2D eigenvalue weighted by molar-refractivity contribution is 5.73. The highest BCUT2D eigenvalue weighted by atomic mass is 16.6. The van der Waals surface area contributed by atoms with Crippen molar-refractivity contribution in [1.82, 2.24) is 4.90 Å². The molecule has 0 radical (unpaired) electrons. The maximum absolute atomic E-state index is 13.2. The molecule has 6 rings (SSSR count). The Kier molecular flexibility index (Phi) is 10.4. The first-order valence-electron chi connectivity index (χ1n) is 20.8. The van der Waals surface area contributed by atoms with Crippen molar-refractivity contribution in [3.63, 3.8) is 0 Å². The molecular formula is C44H71NO6. The van der Waals surface area contributed by atoms with Crippen molar-refractivity contribution in [1.29, 1.82) is 0 Å². The van der Waals surface area contributed by atoms with Crippen molar-refractivity contribution in [2.75, 3.05) is 19.7 Å². The normalized spacial score (nSPS) is 41.7. The minimum Gasteiger partial charge on any atom is -0.481 e. The summed E-state index contributed by atoms with van der Waals surface area (Å²) in [5, 5.41) is 9.34. The predicted molar refractivity (Wildman–Crippen MR) is 201 cm³/mol. The van der Waals surface area contributed by atoms with E-state index in [4.69, 9.17) is 9.47 Å². The number of hydrogen-bond acceptors (Lipinski definition) is 5.